The molecule has 3 N–H and O–H groups in total. The highest BCUT2D eigenvalue weighted by Crippen LogP contribution is 2.20. The van der Waals surface area contributed by atoms with Crippen molar-refractivity contribution in [3.8, 4) is 5.75 Å². The summed E-state index contributed by atoms with van der Waals surface area (Å²) in [6.07, 6.45) is 2.21. The van der Waals surface area contributed by atoms with E-state index in [4.69, 9.17) is 10.5 Å². The molecule has 1 heterocycles. The Bertz CT molecular complexity index is 818. The second-order valence-corrected chi connectivity index (χ2v) is 7.13. The zero-order valence-corrected chi connectivity index (χ0v) is 17.4. The molecule has 0 spiro atoms. The third kappa shape index (κ3) is 6.39. The Kier molecular flexibility index (Phi) is 8.34. The van der Waals surface area contributed by atoms with Gasteiger partial charge in [0.1, 0.15) is 5.75 Å². The molecule has 0 saturated carbocycles. The van der Waals surface area contributed by atoms with E-state index in [0.29, 0.717) is 31.6 Å². The minimum atomic E-state index is 0. The average molecular weight is 418 g/mol. The summed E-state index contributed by atoms with van der Waals surface area (Å²) in [6, 6.07) is 15.0. The summed E-state index contributed by atoms with van der Waals surface area (Å²) in [6.45, 7) is 1.31. The molecule has 156 valence electrons. The van der Waals surface area contributed by atoms with Crippen LogP contribution < -0.4 is 15.8 Å². The number of para-hydroxylation sites is 1. The van der Waals surface area contributed by atoms with Gasteiger partial charge in [-0.15, -0.1) is 12.4 Å². The lowest BCUT2D eigenvalue weighted by Gasteiger charge is -2.32. The number of anilines is 1. The van der Waals surface area contributed by atoms with Gasteiger partial charge in [0.05, 0.1) is 20.0 Å². The SMILES string of the molecule is COc1ccccc1CC(=O)N1CCC(NC(=O)Cc2ccc(N)cc2)CC1.Cl. The van der Waals surface area contributed by atoms with Crippen molar-refractivity contribution in [3.05, 3.63) is 59.7 Å². The highest BCUT2D eigenvalue weighted by atomic mass is 35.5. The first-order valence-electron chi connectivity index (χ1n) is 9.58. The second kappa shape index (κ2) is 10.7. The largest absolute Gasteiger partial charge is 0.496 e. The normalized spacial score (nSPS) is 14.0. The molecule has 2 aromatic rings. The van der Waals surface area contributed by atoms with Crippen molar-refractivity contribution in [3.63, 3.8) is 0 Å². The molecule has 0 aromatic heterocycles. The van der Waals surface area contributed by atoms with Gasteiger partial charge in [-0.3, -0.25) is 9.59 Å². The van der Waals surface area contributed by atoms with Crippen molar-refractivity contribution >= 4 is 29.9 Å². The van der Waals surface area contributed by atoms with Gasteiger partial charge >= 0.3 is 0 Å². The maximum atomic E-state index is 12.6. The Balaban J connectivity index is 0.00000300. The average Bonchev–Trinajstić information content (AvgIpc) is 2.70. The Labute approximate surface area is 177 Å². The molecule has 1 saturated heterocycles. The molecule has 1 fully saturated rings. The van der Waals surface area contributed by atoms with Crippen LogP contribution in [0.15, 0.2) is 48.5 Å². The van der Waals surface area contributed by atoms with E-state index < -0.39 is 0 Å². The zero-order chi connectivity index (χ0) is 19.9. The number of methoxy groups -OCH3 is 1. The number of nitrogens with two attached hydrogens (primary N) is 1. The van der Waals surface area contributed by atoms with Crippen molar-refractivity contribution in [2.24, 2.45) is 0 Å². The minimum Gasteiger partial charge on any atom is -0.496 e. The number of hydrogen-bond acceptors (Lipinski definition) is 4. The highest BCUT2D eigenvalue weighted by Gasteiger charge is 2.24. The van der Waals surface area contributed by atoms with Gasteiger partial charge in [0, 0.05) is 30.4 Å². The fourth-order valence-electron chi connectivity index (χ4n) is 3.50. The lowest BCUT2D eigenvalue weighted by molar-refractivity contribution is -0.131. The van der Waals surface area contributed by atoms with Gasteiger partial charge in [-0.1, -0.05) is 30.3 Å². The molecule has 2 aromatic carbocycles. The number of halogens is 1. The maximum absolute atomic E-state index is 12.6. The summed E-state index contributed by atoms with van der Waals surface area (Å²) in [4.78, 5) is 26.7. The molecule has 0 radical (unpaired) electrons. The predicted octanol–water partition coefficient (Wildman–Crippen LogP) is 2.59. The lowest BCUT2D eigenvalue weighted by atomic mass is 10.0. The first-order chi connectivity index (χ1) is 13.5. The van der Waals surface area contributed by atoms with Crippen molar-refractivity contribution in [2.75, 3.05) is 25.9 Å². The molecule has 0 atom stereocenters. The number of amides is 2. The number of carbonyl (C=O) groups excluding carboxylic acids is 2. The van der Waals surface area contributed by atoms with Crippen LogP contribution in [0.2, 0.25) is 0 Å². The Morgan fingerprint density at radius 3 is 2.38 bits per heavy atom. The van der Waals surface area contributed by atoms with Gasteiger partial charge in [0.15, 0.2) is 0 Å². The standard InChI is InChI=1S/C22H27N3O3.ClH/c1-28-20-5-3-2-4-17(20)15-22(27)25-12-10-19(11-13-25)24-21(26)14-16-6-8-18(23)9-7-16;/h2-9,19H,10-15,23H2,1H3,(H,24,26);1H. The molecule has 1 aliphatic heterocycles. The summed E-state index contributed by atoms with van der Waals surface area (Å²) < 4.78 is 5.32. The third-order valence-electron chi connectivity index (χ3n) is 5.09. The number of rotatable bonds is 6. The fourth-order valence-corrected chi connectivity index (χ4v) is 3.50. The Morgan fingerprint density at radius 1 is 1.07 bits per heavy atom. The maximum Gasteiger partial charge on any atom is 0.227 e. The number of hydrogen-bond donors (Lipinski definition) is 2. The second-order valence-electron chi connectivity index (χ2n) is 7.13. The van der Waals surface area contributed by atoms with E-state index >= 15 is 0 Å². The van der Waals surface area contributed by atoms with E-state index in [0.717, 1.165) is 29.7 Å². The highest BCUT2D eigenvalue weighted by molar-refractivity contribution is 5.85. The van der Waals surface area contributed by atoms with Crippen molar-refractivity contribution < 1.29 is 14.3 Å². The molecule has 2 amide bonds. The van der Waals surface area contributed by atoms with Crippen LogP contribution in [-0.2, 0) is 22.4 Å². The number of piperidine rings is 1. The summed E-state index contributed by atoms with van der Waals surface area (Å²) in [5, 5.41) is 3.08. The monoisotopic (exact) mass is 417 g/mol. The number of nitrogens with zero attached hydrogens (tertiary/aromatic N) is 1. The first kappa shape index (κ1) is 22.6. The van der Waals surface area contributed by atoms with Gasteiger partial charge in [0.2, 0.25) is 11.8 Å². The molecular weight excluding hydrogens is 390 g/mol. The smallest absolute Gasteiger partial charge is 0.227 e. The molecule has 29 heavy (non-hydrogen) atoms. The number of nitrogens with one attached hydrogen (secondary N) is 1. The van der Waals surface area contributed by atoms with Crippen molar-refractivity contribution in [2.45, 2.75) is 31.7 Å². The Hall–Kier alpha value is -2.73. The topological polar surface area (TPSA) is 84.7 Å². The van der Waals surface area contributed by atoms with Gasteiger partial charge in [0.25, 0.3) is 0 Å². The van der Waals surface area contributed by atoms with Gasteiger partial charge < -0.3 is 20.7 Å². The first-order valence-corrected chi connectivity index (χ1v) is 9.58. The molecule has 7 heteroatoms. The van der Waals surface area contributed by atoms with E-state index in [1.165, 1.54) is 0 Å². The van der Waals surface area contributed by atoms with Crippen LogP contribution in [0.5, 0.6) is 5.75 Å². The van der Waals surface area contributed by atoms with E-state index in [1.807, 2.05) is 41.3 Å². The van der Waals surface area contributed by atoms with E-state index in [9.17, 15) is 9.59 Å². The molecule has 0 aliphatic carbocycles. The van der Waals surface area contributed by atoms with E-state index in [1.54, 1.807) is 19.2 Å². The number of nitrogen functional groups attached to an aromatic ring is 1. The molecule has 6 nitrogen and oxygen atoms in total. The molecule has 0 unspecified atom stereocenters. The zero-order valence-electron chi connectivity index (χ0n) is 16.6. The number of carbonyl (C=O) groups is 2. The van der Waals surface area contributed by atoms with Crippen LogP contribution in [-0.4, -0.2) is 43.0 Å². The summed E-state index contributed by atoms with van der Waals surface area (Å²) in [5.41, 5.74) is 8.20. The van der Waals surface area contributed by atoms with Crippen LogP contribution in [0.3, 0.4) is 0 Å². The van der Waals surface area contributed by atoms with E-state index in [-0.39, 0.29) is 30.3 Å². The lowest BCUT2D eigenvalue weighted by Crippen LogP contribution is -2.47. The summed E-state index contributed by atoms with van der Waals surface area (Å²) >= 11 is 0. The van der Waals surface area contributed by atoms with Crippen molar-refractivity contribution in [1.82, 2.24) is 10.2 Å². The third-order valence-corrected chi connectivity index (χ3v) is 5.09. The molecule has 0 bridgehead atoms. The molecule has 3 rings (SSSR count). The van der Waals surface area contributed by atoms with Crippen LogP contribution >= 0.6 is 12.4 Å². The Morgan fingerprint density at radius 2 is 1.72 bits per heavy atom. The fraction of sp³-hybridized carbons (Fsp3) is 0.364. The quantitative estimate of drug-likeness (QED) is 0.707. The van der Waals surface area contributed by atoms with Crippen LogP contribution in [0.25, 0.3) is 0 Å². The number of likely N-dealkylation sites (tertiary alicyclic amines) is 1. The molecular formula is C22H28ClN3O3. The predicted molar refractivity (Wildman–Crippen MR) is 116 cm³/mol. The van der Waals surface area contributed by atoms with Gasteiger partial charge in [-0.25, -0.2) is 0 Å². The van der Waals surface area contributed by atoms with Crippen molar-refractivity contribution in [1.29, 1.82) is 0 Å². The van der Waals surface area contributed by atoms with Crippen LogP contribution in [0, 0.1) is 0 Å². The number of ether oxygens (including phenoxy) is 1. The summed E-state index contributed by atoms with van der Waals surface area (Å²) in [7, 11) is 1.61. The molecule has 1 aliphatic rings. The van der Waals surface area contributed by atoms with Crippen LogP contribution in [0.4, 0.5) is 5.69 Å². The minimum absolute atomic E-state index is 0. The number of benzene rings is 2. The summed E-state index contributed by atoms with van der Waals surface area (Å²) in [5.74, 6) is 0.834. The van der Waals surface area contributed by atoms with Gasteiger partial charge in [-0.05, 0) is 36.6 Å². The van der Waals surface area contributed by atoms with Crippen LogP contribution in [0.1, 0.15) is 24.0 Å². The van der Waals surface area contributed by atoms with Gasteiger partial charge in [-0.2, -0.15) is 0 Å². The van der Waals surface area contributed by atoms with E-state index in [2.05, 4.69) is 5.32 Å².